The van der Waals surface area contributed by atoms with Gasteiger partial charge >= 0.3 is 5.97 Å². The summed E-state index contributed by atoms with van der Waals surface area (Å²) < 4.78 is 5.13. The van der Waals surface area contributed by atoms with Gasteiger partial charge in [0, 0.05) is 42.5 Å². The Hall–Kier alpha value is -1.46. The van der Waals surface area contributed by atoms with Crippen molar-refractivity contribution in [2.24, 2.45) is 28.6 Å². The lowest BCUT2D eigenvalue weighted by Gasteiger charge is -2.59. The number of hydrogen-bond donors (Lipinski definition) is 1. The average molecular weight is 383 g/mol. The van der Waals surface area contributed by atoms with E-state index in [-0.39, 0.29) is 17.3 Å². The number of Topliss-reactive ketones (excluding diaryl/α,β-unsaturated/α-hetero) is 1. The molecular formula is C23H29NO4. The van der Waals surface area contributed by atoms with Crippen LogP contribution in [-0.4, -0.2) is 54.1 Å². The van der Waals surface area contributed by atoms with Gasteiger partial charge in [-0.15, -0.1) is 0 Å². The molecule has 1 saturated carbocycles. The van der Waals surface area contributed by atoms with E-state index in [1.165, 1.54) is 7.11 Å². The molecule has 7 atom stereocenters. The van der Waals surface area contributed by atoms with Gasteiger partial charge in [-0.1, -0.05) is 13.8 Å². The number of fused-ring (bicyclic) bond motifs is 1. The third-order valence-corrected chi connectivity index (χ3v) is 9.65. The lowest BCUT2D eigenvalue weighted by molar-refractivity contribution is -0.156. The number of aliphatic hydroxyl groups is 1. The van der Waals surface area contributed by atoms with Crippen LogP contribution in [0.5, 0.6) is 0 Å². The number of ether oxygens (including phenoxy) is 1. The van der Waals surface area contributed by atoms with Crippen molar-refractivity contribution in [1.82, 2.24) is 4.90 Å². The van der Waals surface area contributed by atoms with E-state index in [4.69, 9.17) is 4.74 Å². The van der Waals surface area contributed by atoms with Crippen LogP contribution in [0.4, 0.5) is 0 Å². The van der Waals surface area contributed by atoms with Gasteiger partial charge in [-0.25, -0.2) is 4.79 Å². The van der Waals surface area contributed by atoms with E-state index in [2.05, 4.69) is 18.7 Å². The maximum Gasteiger partial charge on any atom is 0.334 e. The molecule has 2 bridgehead atoms. The standard InChI is InChI=1S/C23H29NO4/c1-11-9-24-10-12-4-5-13-17(25)6-15-16(21(27)28-3)8-23(19(13)15)20(26)14(11)7-18(24)22(12,23)2/h11-12,14,17-18,25H,4-10H2,1-3H3/t11-,12-,14+,17+,18-,22-,23+/m1/s1. The van der Waals surface area contributed by atoms with Gasteiger partial charge in [0.2, 0.25) is 0 Å². The number of carbonyl (C=O) groups is 2. The van der Waals surface area contributed by atoms with Gasteiger partial charge in [0.15, 0.2) is 0 Å². The number of rotatable bonds is 1. The summed E-state index contributed by atoms with van der Waals surface area (Å²) in [5.74, 6) is 0.888. The Morgan fingerprint density at radius 2 is 2.11 bits per heavy atom. The number of hydrogen-bond acceptors (Lipinski definition) is 5. The van der Waals surface area contributed by atoms with Gasteiger partial charge in [-0.3, -0.25) is 9.69 Å². The highest BCUT2D eigenvalue weighted by Gasteiger charge is 2.75. The zero-order valence-electron chi connectivity index (χ0n) is 17.0. The van der Waals surface area contributed by atoms with Crippen molar-refractivity contribution in [1.29, 1.82) is 0 Å². The second kappa shape index (κ2) is 5.17. The topological polar surface area (TPSA) is 66.8 Å². The van der Waals surface area contributed by atoms with Crippen molar-refractivity contribution in [3.05, 3.63) is 22.3 Å². The first-order valence-corrected chi connectivity index (χ1v) is 10.8. The van der Waals surface area contributed by atoms with E-state index in [1.807, 2.05) is 0 Å². The van der Waals surface area contributed by atoms with Gasteiger partial charge < -0.3 is 9.84 Å². The van der Waals surface area contributed by atoms with Crippen LogP contribution in [0.3, 0.4) is 0 Å². The molecule has 3 fully saturated rings. The monoisotopic (exact) mass is 383 g/mol. The van der Waals surface area contributed by atoms with Gasteiger partial charge in [0.1, 0.15) is 5.78 Å². The minimum absolute atomic E-state index is 0.0657. The van der Waals surface area contributed by atoms with E-state index in [9.17, 15) is 14.7 Å². The molecule has 0 aromatic rings. The molecule has 0 aromatic heterocycles. The maximum absolute atomic E-state index is 14.3. The molecule has 0 unspecified atom stereocenters. The highest BCUT2D eigenvalue weighted by molar-refractivity contribution is 6.02. The molecule has 1 N–H and O–H groups in total. The number of methoxy groups -OCH3 is 1. The first-order valence-electron chi connectivity index (χ1n) is 10.8. The Morgan fingerprint density at radius 1 is 1.32 bits per heavy atom. The summed E-state index contributed by atoms with van der Waals surface area (Å²) in [6.07, 6.45) is 3.26. The zero-order chi connectivity index (χ0) is 19.6. The fourth-order valence-corrected chi connectivity index (χ4v) is 8.44. The summed E-state index contributed by atoms with van der Waals surface area (Å²) in [5.41, 5.74) is 2.92. The van der Waals surface area contributed by atoms with E-state index >= 15 is 0 Å². The highest BCUT2D eigenvalue weighted by atomic mass is 16.5. The van der Waals surface area contributed by atoms with Crippen LogP contribution in [0.2, 0.25) is 0 Å². The van der Waals surface area contributed by atoms with E-state index in [1.54, 1.807) is 0 Å². The number of aliphatic hydroxyl groups excluding tert-OH is 1. The van der Waals surface area contributed by atoms with Gasteiger partial charge in [0.25, 0.3) is 0 Å². The molecule has 1 spiro atoms. The Labute approximate surface area is 165 Å². The zero-order valence-corrected chi connectivity index (χ0v) is 17.0. The van der Waals surface area contributed by atoms with Crippen LogP contribution in [0.1, 0.15) is 46.0 Å². The SMILES string of the molecule is COC(=O)C1=C2C[C@H](O)C3=C2[C@@]2(C1)C(=O)[C@H]1C[C@H]4N(C[C@@H](CC3)[C@]42C)C[C@H]1C. The van der Waals surface area contributed by atoms with E-state index in [0.29, 0.717) is 42.1 Å². The van der Waals surface area contributed by atoms with Crippen LogP contribution < -0.4 is 0 Å². The smallest absolute Gasteiger partial charge is 0.334 e. The minimum atomic E-state index is -0.642. The molecule has 2 saturated heterocycles. The first kappa shape index (κ1) is 17.4. The van der Waals surface area contributed by atoms with Crippen LogP contribution >= 0.6 is 0 Å². The molecule has 2 heterocycles. The third kappa shape index (κ3) is 1.62. The molecule has 5 heteroatoms. The Kier molecular flexibility index (Phi) is 3.21. The normalized spacial score (nSPS) is 48.9. The molecule has 6 aliphatic rings. The second-order valence-corrected chi connectivity index (χ2v) is 10.3. The summed E-state index contributed by atoms with van der Waals surface area (Å²) in [5, 5.41) is 10.9. The predicted molar refractivity (Wildman–Crippen MR) is 102 cm³/mol. The summed E-state index contributed by atoms with van der Waals surface area (Å²) in [6, 6.07) is 0.402. The number of carbonyl (C=O) groups excluding carboxylic acids is 2. The number of ketones is 1. The summed E-state index contributed by atoms with van der Waals surface area (Å²) in [4.78, 5) is 29.6. The molecule has 4 aliphatic carbocycles. The van der Waals surface area contributed by atoms with Crippen LogP contribution in [0.25, 0.3) is 0 Å². The fraction of sp³-hybridized carbons (Fsp3) is 0.739. The summed E-state index contributed by atoms with van der Waals surface area (Å²) in [7, 11) is 1.42. The Morgan fingerprint density at radius 3 is 2.86 bits per heavy atom. The summed E-state index contributed by atoms with van der Waals surface area (Å²) in [6.45, 7) is 6.62. The summed E-state index contributed by atoms with van der Waals surface area (Å²) >= 11 is 0. The molecule has 150 valence electrons. The van der Waals surface area contributed by atoms with E-state index in [0.717, 1.165) is 49.1 Å². The first-order chi connectivity index (χ1) is 13.3. The van der Waals surface area contributed by atoms with E-state index < -0.39 is 11.5 Å². The van der Waals surface area contributed by atoms with Crippen LogP contribution in [-0.2, 0) is 14.3 Å². The predicted octanol–water partition coefficient (Wildman–Crippen LogP) is 2.25. The van der Waals surface area contributed by atoms with Crippen molar-refractivity contribution in [3.63, 3.8) is 0 Å². The molecule has 0 aromatic carbocycles. The Balaban J connectivity index is 1.65. The van der Waals surface area contributed by atoms with Crippen molar-refractivity contribution in [3.8, 4) is 0 Å². The van der Waals surface area contributed by atoms with Gasteiger partial charge in [-0.2, -0.15) is 0 Å². The number of piperidine rings is 1. The minimum Gasteiger partial charge on any atom is -0.466 e. The van der Waals surface area contributed by atoms with Crippen LogP contribution in [0, 0.1) is 28.6 Å². The van der Waals surface area contributed by atoms with Crippen LogP contribution in [0.15, 0.2) is 22.3 Å². The third-order valence-electron chi connectivity index (χ3n) is 9.65. The Bertz CT molecular complexity index is 887. The second-order valence-electron chi connectivity index (χ2n) is 10.3. The number of esters is 1. The lowest BCUT2D eigenvalue weighted by atomic mass is 9.45. The number of nitrogens with zero attached hydrogens (tertiary/aromatic N) is 1. The fourth-order valence-electron chi connectivity index (χ4n) is 8.44. The highest BCUT2D eigenvalue weighted by Crippen LogP contribution is 2.73. The van der Waals surface area contributed by atoms with Crippen molar-refractivity contribution in [2.45, 2.75) is 58.1 Å². The molecule has 0 radical (unpaired) electrons. The quantitative estimate of drug-likeness (QED) is 0.704. The van der Waals surface area contributed by atoms with Crippen molar-refractivity contribution < 1.29 is 19.4 Å². The molecule has 2 aliphatic heterocycles. The van der Waals surface area contributed by atoms with Crippen molar-refractivity contribution >= 4 is 11.8 Å². The number of allylic oxidation sites excluding steroid dienone is 1. The molecule has 5 nitrogen and oxygen atoms in total. The molecule has 0 amide bonds. The van der Waals surface area contributed by atoms with Gasteiger partial charge in [-0.05, 0) is 54.2 Å². The van der Waals surface area contributed by atoms with Crippen molar-refractivity contribution in [2.75, 3.05) is 20.2 Å². The molecular weight excluding hydrogens is 354 g/mol. The average Bonchev–Trinajstić information content (AvgIpc) is 3.24. The molecule has 6 rings (SSSR count). The lowest BCUT2D eigenvalue weighted by Crippen LogP contribution is -2.65. The van der Waals surface area contributed by atoms with Gasteiger partial charge in [0.05, 0.1) is 18.6 Å². The maximum atomic E-state index is 14.3. The largest absolute Gasteiger partial charge is 0.466 e. The molecule has 28 heavy (non-hydrogen) atoms.